The molecule has 0 aliphatic rings. The minimum Gasteiger partial charge on any atom is -0.508 e. The largest absolute Gasteiger partial charge is 0.508 e. The molecule has 0 heterocycles. The summed E-state index contributed by atoms with van der Waals surface area (Å²) in [4.78, 5) is 41.3. The van der Waals surface area contributed by atoms with E-state index in [4.69, 9.17) is 4.74 Å². The van der Waals surface area contributed by atoms with Crippen molar-refractivity contribution in [2.75, 3.05) is 7.05 Å². The molecule has 0 aromatic heterocycles. The van der Waals surface area contributed by atoms with Crippen LogP contribution in [0.5, 0.6) is 5.75 Å². The van der Waals surface area contributed by atoms with Crippen LogP contribution in [-0.4, -0.2) is 52.6 Å². The minimum absolute atomic E-state index is 0.0966. The number of phenols is 1. The second kappa shape index (κ2) is 11.9. The van der Waals surface area contributed by atoms with Crippen LogP contribution in [-0.2, 0) is 20.7 Å². The predicted molar refractivity (Wildman–Crippen MR) is 140 cm³/mol. The molecule has 0 aliphatic carbocycles. The molecule has 0 saturated heterocycles. The fraction of sp³-hybridized carbons (Fsp3) is 0.464. The highest BCUT2D eigenvalue weighted by Crippen LogP contribution is 2.28. The maximum atomic E-state index is 13.9. The maximum Gasteiger partial charge on any atom is 0.408 e. The van der Waals surface area contributed by atoms with Gasteiger partial charge in [-0.25, -0.2) is 4.79 Å². The minimum atomic E-state index is -1.01. The molecule has 0 saturated carbocycles. The number of hydrogen-bond donors (Lipinski definition) is 3. The van der Waals surface area contributed by atoms with Crippen LogP contribution < -0.4 is 10.6 Å². The van der Waals surface area contributed by atoms with E-state index in [1.165, 1.54) is 17.0 Å². The summed E-state index contributed by atoms with van der Waals surface area (Å²) in [6, 6.07) is 10.1. The normalized spacial score (nSPS) is 13.0. The van der Waals surface area contributed by atoms with E-state index in [1.54, 1.807) is 40.0 Å². The van der Waals surface area contributed by atoms with Crippen molar-refractivity contribution in [2.45, 2.75) is 78.6 Å². The SMILES string of the molecule is Cc1cccc(C)c1C(C(=O)NC(C)C)N(C)C(=O)C(Cc1ccc(O)cc1)NC(=O)OC(C)(C)C. The Balaban J connectivity index is 2.47. The number of hydrogen-bond acceptors (Lipinski definition) is 5. The lowest BCUT2D eigenvalue weighted by Gasteiger charge is -2.33. The van der Waals surface area contributed by atoms with Crippen LogP contribution in [0.3, 0.4) is 0 Å². The van der Waals surface area contributed by atoms with Crippen molar-refractivity contribution in [2.24, 2.45) is 0 Å². The molecule has 3 N–H and O–H groups in total. The molecule has 2 atom stereocenters. The van der Waals surface area contributed by atoms with Crippen LogP contribution >= 0.6 is 0 Å². The van der Waals surface area contributed by atoms with Crippen molar-refractivity contribution in [3.8, 4) is 5.75 Å². The first-order valence-corrected chi connectivity index (χ1v) is 12.1. The number of rotatable bonds is 8. The lowest BCUT2D eigenvalue weighted by molar-refractivity contribution is -0.141. The Hall–Kier alpha value is -3.55. The molecular formula is C28H39N3O5. The van der Waals surface area contributed by atoms with Gasteiger partial charge in [0.15, 0.2) is 0 Å². The van der Waals surface area contributed by atoms with Crippen LogP contribution in [0.15, 0.2) is 42.5 Å². The number of ether oxygens (including phenoxy) is 1. The number of alkyl carbamates (subject to hydrolysis) is 1. The third kappa shape index (κ3) is 8.00. The summed E-state index contributed by atoms with van der Waals surface area (Å²) >= 11 is 0. The number of aromatic hydroxyl groups is 1. The number of carbonyl (C=O) groups excluding carboxylic acids is 3. The van der Waals surface area contributed by atoms with Gasteiger partial charge in [-0.3, -0.25) is 9.59 Å². The zero-order valence-corrected chi connectivity index (χ0v) is 22.5. The van der Waals surface area contributed by atoms with Crippen molar-refractivity contribution in [3.05, 3.63) is 64.7 Å². The summed E-state index contributed by atoms with van der Waals surface area (Å²) in [5.74, 6) is -0.654. The molecule has 3 amide bonds. The van der Waals surface area contributed by atoms with Crippen LogP contribution in [0.2, 0.25) is 0 Å². The van der Waals surface area contributed by atoms with Gasteiger partial charge < -0.3 is 25.4 Å². The lowest BCUT2D eigenvalue weighted by Crippen LogP contribution is -2.53. The van der Waals surface area contributed by atoms with Gasteiger partial charge in [-0.2, -0.15) is 0 Å². The van der Waals surface area contributed by atoms with Gasteiger partial charge in [0.2, 0.25) is 11.8 Å². The zero-order valence-electron chi connectivity index (χ0n) is 22.5. The Morgan fingerprint density at radius 2 is 1.53 bits per heavy atom. The summed E-state index contributed by atoms with van der Waals surface area (Å²) in [5, 5.41) is 15.2. The summed E-state index contributed by atoms with van der Waals surface area (Å²) in [6.45, 7) is 12.7. The molecule has 0 spiro atoms. The molecule has 8 heteroatoms. The fourth-order valence-corrected chi connectivity index (χ4v) is 4.01. The number of nitrogens with one attached hydrogen (secondary N) is 2. The van der Waals surface area contributed by atoms with Gasteiger partial charge >= 0.3 is 6.09 Å². The predicted octanol–water partition coefficient (Wildman–Crippen LogP) is 4.17. The van der Waals surface area contributed by atoms with E-state index in [9.17, 15) is 19.5 Å². The quantitative estimate of drug-likeness (QED) is 0.507. The van der Waals surface area contributed by atoms with Gasteiger partial charge in [0.1, 0.15) is 23.4 Å². The second-order valence-corrected chi connectivity index (χ2v) is 10.4. The molecule has 0 fully saturated rings. The average molecular weight is 498 g/mol. The standard InChI is InChI=1S/C28H39N3O5/c1-17(2)29-25(33)24(23-18(3)10-9-11-19(23)4)31(8)26(34)22(30-27(35)36-28(5,6)7)16-20-12-14-21(32)15-13-20/h9-15,17,22,24,32H,16H2,1-8H3,(H,29,33)(H,30,35). The van der Waals surface area contributed by atoms with Crippen molar-refractivity contribution in [3.63, 3.8) is 0 Å². The molecule has 2 aromatic carbocycles. The first-order valence-electron chi connectivity index (χ1n) is 12.1. The molecule has 2 unspecified atom stereocenters. The number of likely N-dealkylation sites (N-methyl/N-ethyl adjacent to an activating group) is 1. The molecular weight excluding hydrogens is 458 g/mol. The summed E-state index contributed by atoms with van der Waals surface area (Å²) < 4.78 is 5.40. The molecule has 0 radical (unpaired) electrons. The first kappa shape index (κ1) is 28.7. The molecule has 0 bridgehead atoms. The molecule has 0 aliphatic heterocycles. The fourth-order valence-electron chi connectivity index (χ4n) is 4.01. The highest BCUT2D eigenvalue weighted by atomic mass is 16.6. The highest BCUT2D eigenvalue weighted by molar-refractivity contribution is 5.92. The summed E-state index contributed by atoms with van der Waals surface area (Å²) in [7, 11) is 1.57. The first-order chi connectivity index (χ1) is 16.7. The summed E-state index contributed by atoms with van der Waals surface area (Å²) in [6.07, 6.45) is -0.586. The van der Waals surface area contributed by atoms with E-state index < -0.39 is 29.7 Å². The van der Waals surface area contributed by atoms with E-state index in [1.807, 2.05) is 45.9 Å². The van der Waals surface area contributed by atoms with Gasteiger partial charge in [-0.15, -0.1) is 0 Å². The van der Waals surface area contributed by atoms with Gasteiger partial charge in [0, 0.05) is 19.5 Å². The van der Waals surface area contributed by atoms with Crippen molar-refractivity contribution >= 4 is 17.9 Å². The van der Waals surface area contributed by atoms with Crippen LogP contribution in [0.25, 0.3) is 0 Å². The van der Waals surface area contributed by atoms with E-state index in [2.05, 4.69) is 10.6 Å². The van der Waals surface area contributed by atoms with Gasteiger partial charge in [0.05, 0.1) is 0 Å². The molecule has 196 valence electrons. The van der Waals surface area contributed by atoms with Crippen LogP contribution in [0.4, 0.5) is 4.79 Å². The molecule has 2 aromatic rings. The Bertz CT molecular complexity index is 1050. The topological polar surface area (TPSA) is 108 Å². The Morgan fingerprint density at radius 1 is 0.972 bits per heavy atom. The Morgan fingerprint density at radius 3 is 2.03 bits per heavy atom. The number of aryl methyl sites for hydroxylation is 2. The number of nitrogens with zero attached hydrogens (tertiary/aromatic N) is 1. The van der Waals surface area contributed by atoms with Crippen LogP contribution in [0, 0.1) is 13.8 Å². The Labute approximate surface area is 214 Å². The smallest absolute Gasteiger partial charge is 0.408 e. The zero-order chi connectivity index (χ0) is 27.2. The number of phenolic OH excluding ortho intramolecular Hbond substituents is 1. The molecule has 2 rings (SSSR count). The van der Waals surface area contributed by atoms with Crippen molar-refractivity contribution in [1.29, 1.82) is 0 Å². The number of benzene rings is 2. The Kier molecular flexibility index (Phi) is 9.50. The van der Waals surface area contributed by atoms with Gasteiger partial charge in [-0.1, -0.05) is 30.3 Å². The second-order valence-electron chi connectivity index (χ2n) is 10.4. The van der Waals surface area contributed by atoms with Gasteiger partial charge in [-0.05, 0) is 82.9 Å². The lowest BCUT2D eigenvalue weighted by atomic mass is 9.93. The molecule has 8 nitrogen and oxygen atoms in total. The number of amides is 3. The van der Waals surface area contributed by atoms with E-state index in [-0.39, 0.29) is 24.1 Å². The monoisotopic (exact) mass is 497 g/mol. The van der Waals surface area contributed by atoms with E-state index in [0.29, 0.717) is 0 Å². The maximum absolute atomic E-state index is 13.9. The highest BCUT2D eigenvalue weighted by Gasteiger charge is 2.35. The van der Waals surface area contributed by atoms with Crippen LogP contribution in [0.1, 0.15) is 62.9 Å². The summed E-state index contributed by atoms with van der Waals surface area (Å²) in [5.41, 5.74) is 2.49. The van der Waals surface area contributed by atoms with E-state index >= 15 is 0 Å². The third-order valence-electron chi connectivity index (χ3n) is 5.60. The van der Waals surface area contributed by atoms with Gasteiger partial charge in [0.25, 0.3) is 0 Å². The van der Waals surface area contributed by atoms with E-state index in [0.717, 1.165) is 22.3 Å². The average Bonchev–Trinajstić information content (AvgIpc) is 2.74. The number of carbonyl (C=O) groups is 3. The third-order valence-corrected chi connectivity index (χ3v) is 5.60. The molecule has 36 heavy (non-hydrogen) atoms. The van der Waals surface area contributed by atoms with Crippen molar-refractivity contribution in [1.82, 2.24) is 15.5 Å². The van der Waals surface area contributed by atoms with Crippen molar-refractivity contribution < 1.29 is 24.2 Å².